The third-order valence-electron chi connectivity index (χ3n) is 4.14. The Morgan fingerprint density at radius 2 is 2.24 bits per heavy atom. The van der Waals surface area contributed by atoms with Crippen LogP contribution in [0.4, 0.5) is 5.69 Å². The smallest absolute Gasteiger partial charge is 0.348 e. The molecule has 2 aromatic rings. The molecule has 0 aliphatic heterocycles. The van der Waals surface area contributed by atoms with E-state index in [0.717, 1.165) is 19.3 Å². The zero-order valence-electron chi connectivity index (χ0n) is 13.9. The molecule has 1 aliphatic carbocycles. The Hall–Kier alpha value is -2.65. The van der Waals surface area contributed by atoms with Crippen LogP contribution in [0.1, 0.15) is 39.0 Å². The number of ether oxygens (including phenoxy) is 1. The van der Waals surface area contributed by atoms with Crippen LogP contribution >= 0.6 is 11.3 Å². The number of rotatable bonds is 4. The first-order valence-corrected chi connectivity index (χ1v) is 8.95. The molecule has 128 valence electrons. The second-order valence-corrected chi connectivity index (χ2v) is 7.36. The van der Waals surface area contributed by atoms with E-state index in [-0.39, 0.29) is 6.61 Å². The van der Waals surface area contributed by atoms with Crippen LogP contribution in [0.5, 0.6) is 0 Å². The lowest BCUT2D eigenvalue weighted by Crippen LogP contribution is -2.20. The molecule has 6 heteroatoms. The molecular weight excluding hydrogens is 336 g/mol. The van der Waals surface area contributed by atoms with Crippen LogP contribution in [0, 0.1) is 17.2 Å². The van der Waals surface area contributed by atoms with Gasteiger partial charge in [0, 0.05) is 10.6 Å². The highest BCUT2D eigenvalue weighted by Crippen LogP contribution is 2.32. The van der Waals surface area contributed by atoms with Gasteiger partial charge in [0.2, 0.25) is 0 Å². The van der Waals surface area contributed by atoms with Crippen LogP contribution in [0.15, 0.2) is 30.3 Å². The number of thiophene rings is 1. The SMILES string of the molecule is C[C@H]1CCc2sc(C(=O)OCC(=O)Nc3cccc(C#N)c3)cc2C1. The fraction of sp³-hybridized carbons (Fsp3) is 0.316. The van der Waals surface area contributed by atoms with Gasteiger partial charge in [0.05, 0.1) is 11.6 Å². The summed E-state index contributed by atoms with van der Waals surface area (Å²) in [6, 6.07) is 10.5. The van der Waals surface area contributed by atoms with Gasteiger partial charge in [0.15, 0.2) is 6.61 Å². The van der Waals surface area contributed by atoms with E-state index in [1.165, 1.54) is 21.8 Å². The number of hydrogen-bond acceptors (Lipinski definition) is 5. The monoisotopic (exact) mass is 354 g/mol. The number of nitrogens with one attached hydrogen (secondary N) is 1. The van der Waals surface area contributed by atoms with E-state index in [1.807, 2.05) is 12.1 Å². The number of hydrogen-bond donors (Lipinski definition) is 1. The number of fused-ring (bicyclic) bond motifs is 1. The minimum atomic E-state index is -0.465. The molecule has 0 radical (unpaired) electrons. The Bertz CT molecular complexity index is 851. The standard InChI is InChI=1S/C19H18N2O3S/c1-12-5-6-16-14(7-12)9-17(25-16)19(23)24-11-18(22)21-15-4-2-3-13(8-15)10-20/h2-4,8-9,12H,5-7,11H2,1H3,(H,21,22)/t12-/m0/s1. The van der Waals surface area contributed by atoms with Gasteiger partial charge in [-0.3, -0.25) is 4.79 Å². The van der Waals surface area contributed by atoms with Gasteiger partial charge in [0.1, 0.15) is 4.88 Å². The summed E-state index contributed by atoms with van der Waals surface area (Å²) in [7, 11) is 0. The van der Waals surface area contributed by atoms with Crippen LogP contribution < -0.4 is 5.32 Å². The lowest BCUT2D eigenvalue weighted by molar-refractivity contribution is -0.119. The Morgan fingerprint density at radius 3 is 3.04 bits per heavy atom. The van der Waals surface area contributed by atoms with Crippen LogP contribution in [0.3, 0.4) is 0 Å². The number of nitrogens with zero attached hydrogens (tertiary/aromatic N) is 1. The predicted octanol–water partition coefficient (Wildman–Crippen LogP) is 3.54. The summed E-state index contributed by atoms with van der Waals surface area (Å²) >= 11 is 1.46. The van der Waals surface area contributed by atoms with Crippen molar-refractivity contribution in [2.45, 2.75) is 26.2 Å². The van der Waals surface area contributed by atoms with E-state index in [9.17, 15) is 9.59 Å². The zero-order chi connectivity index (χ0) is 17.8. The molecule has 1 heterocycles. The average Bonchev–Trinajstić information content (AvgIpc) is 3.03. The topological polar surface area (TPSA) is 79.2 Å². The summed E-state index contributed by atoms with van der Waals surface area (Å²) in [5, 5.41) is 11.5. The molecule has 25 heavy (non-hydrogen) atoms. The van der Waals surface area contributed by atoms with Crippen molar-refractivity contribution in [3.63, 3.8) is 0 Å². The summed E-state index contributed by atoms with van der Waals surface area (Å²) in [5.74, 6) is -0.257. The van der Waals surface area contributed by atoms with Crippen molar-refractivity contribution in [2.75, 3.05) is 11.9 Å². The number of amides is 1. The molecule has 1 atom stereocenters. The number of nitriles is 1. The molecule has 0 saturated carbocycles. The van der Waals surface area contributed by atoms with E-state index >= 15 is 0 Å². The highest BCUT2D eigenvalue weighted by atomic mass is 32.1. The predicted molar refractivity (Wildman–Crippen MR) is 95.6 cm³/mol. The van der Waals surface area contributed by atoms with Crippen molar-refractivity contribution >= 4 is 28.9 Å². The van der Waals surface area contributed by atoms with Gasteiger partial charge in [0.25, 0.3) is 5.91 Å². The first-order valence-electron chi connectivity index (χ1n) is 8.14. The van der Waals surface area contributed by atoms with Gasteiger partial charge in [-0.25, -0.2) is 4.79 Å². The highest BCUT2D eigenvalue weighted by Gasteiger charge is 2.21. The summed E-state index contributed by atoms with van der Waals surface area (Å²) < 4.78 is 5.12. The Kier molecular flexibility index (Phi) is 5.15. The third-order valence-corrected chi connectivity index (χ3v) is 5.36. The second-order valence-electron chi connectivity index (χ2n) is 6.22. The largest absolute Gasteiger partial charge is 0.451 e. The summed E-state index contributed by atoms with van der Waals surface area (Å²) in [5.41, 5.74) is 2.18. The maximum atomic E-state index is 12.2. The third kappa shape index (κ3) is 4.25. The maximum Gasteiger partial charge on any atom is 0.348 e. The van der Waals surface area contributed by atoms with Crippen molar-refractivity contribution in [2.24, 2.45) is 5.92 Å². The number of carbonyl (C=O) groups excluding carboxylic acids is 2. The second kappa shape index (κ2) is 7.49. The van der Waals surface area contributed by atoms with E-state index in [1.54, 1.807) is 24.3 Å². The fourth-order valence-corrected chi connectivity index (χ4v) is 3.97. The molecule has 0 unspecified atom stereocenters. The summed E-state index contributed by atoms with van der Waals surface area (Å²) in [6.07, 6.45) is 3.14. The molecular formula is C19H18N2O3S. The fourth-order valence-electron chi connectivity index (χ4n) is 2.87. The zero-order valence-corrected chi connectivity index (χ0v) is 14.7. The summed E-state index contributed by atoms with van der Waals surface area (Å²) in [4.78, 5) is 25.9. The number of carbonyl (C=O) groups is 2. The van der Waals surface area contributed by atoms with Gasteiger partial charge in [-0.2, -0.15) is 5.26 Å². The van der Waals surface area contributed by atoms with Gasteiger partial charge < -0.3 is 10.1 Å². The van der Waals surface area contributed by atoms with Crippen molar-refractivity contribution in [3.05, 3.63) is 51.2 Å². The first-order chi connectivity index (χ1) is 12.0. The Labute approximate surface area is 150 Å². The summed E-state index contributed by atoms with van der Waals surface area (Å²) in [6.45, 7) is 1.86. The van der Waals surface area contributed by atoms with Crippen LogP contribution in [0.25, 0.3) is 0 Å². The number of aryl methyl sites for hydroxylation is 1. The molecule has 0 spiro atoms. The Balaban J connectivity index is 1.55. The molecule has 1 aromatic carbocycles. The molecule has 1 N–H and O–H groups in total. The van der Waals surface area contributed by atoms with Crippen molar-refractivity contribution in [1.82, 2.24) is 0 Å². The van der Waals surface area contributed by atoms with Crippen molar-refractivity contribution < 1.29 is 14.3 Å². The highest BCUT2D eigenvalue weighted by molar-refractivity contribution is 7.14. The lowest BCUT2D eigenvalue weighted by atomic mass is 9.90. The minimum absolute atomic E-state index is 0.353. The molecule has 0 bridgehead atoms. The quantitative estimate of drug-likeness (QED) is 0.852. The number of anilines is 1. The molecule has 1 aromatic heterocycles. The molecule has 1 aliphatic rings. The van der Waals surface area contributed by atoms with Crippen molar-refractivity contribution in [3.8, 4) is 6.07 Å². The molecule has 3 rings (SSSR count). The molecule has 1 amide bonds. The molecule has 5 nitrogen and oxygen atoms in total. The Morgan fingerprint density at radius 1 is 1.40 bits per heavy atom. The first kappa shape index (κ1) is 17.2. The normalized spacial score (nSPS) is 15.8. The lowest BCUT2D eigenvalue weighted by Gasteiger charge is -2.16. The van der Waals surface area contributed by atoms with Gasteiger partial charge in [-0.05, 0) is 55.0 Å². The number of esters is 1. The van der Waals surface area contributed by atoms with E-state index < -0.39 is 11.9 Å². The van der Waals surface area contributed by atoms with Crippen molar-refractivity contribution in [1.29, 1.82) is 5.26 Å². The number of benzene rings is 1. The van der Waals surface area contributed by atoms with Gasteiger partial charge >= 0.3 is 5.97 Å². The molecule has 0 saturated heterocycles. The van der Waals surface area contributed by atoms with Crippen LogP contribution in [0.2, 0.25) is 0 Å². The minimum Gasteiger partial charge on any atom is -0.451 e. The molecule has 0 fully saturated rings. The van der Waals surface area contributed by atoms with E-state index in [0.29, 0.717) is 22.0 Å². The maximum absolute atomic E-state index is 12.2. The van der Waals surface area contributed by atoms with E-state index in [4.69, 9.17) is 10.00 Å². The van der Waals surface area contributed by atoms with Gasteiger partial charge in [-0.1, -0.05) is 13.0 Å². The van der Waals surface area contributed by atoms with E-state index in [2.05, 4.69) is 12.2 Å². The van der Waals surface area contributed by atoms with Crippen LogP contribution in [-0.2, 0) is 22.4 Å². The average molecular weight is 354 g/mol. The van der Waals surface area contributed by atoms with Gasteiger partial charge in [-0.15, -0.1) is 11.3 Å². The van der Waals surface area contributed by atoms with Crippen LogP contribution in [-0.4, -0.2) is 18.5 Å².